The lowest BCUT2D eigenvalue weighted by atomic mass is 9.90. The maximum atomic E-state index is 12.6. The Kier molecular flexibility index (Phi) is 9.04. The van der Waals surface area contributed by atoms with E-state index in [0.29, 0.717) is 11.3 Å². The number of hydrogen-bond donors (Lipinski definition) is 2. The van der Waals surface area contributed by atoms with Crippen molar-refractivity contribution in [2.75, 3.05) is 18.9 Å². The Morgan fingerprint density at radius 2 is 1.43 bits per heavy atom. The fraction of sp³-hybridized carbons (Fsp3) is 0.265. The Morgan fingerprint density at radius 3 is 2.08 bits per heavy atom. The van der Waals surface area contributed by atoms with Crippen LogP contribution in [0.25, 0.3) is 0 Å². The monoisotopic (exact) mass is 536 g/mol. The Balaban J connectivity index is 1.34. The van der Waals surface area contributed by atoms with Crippen LogP contribution in [-0.2, 0) is 22.6 Å². The number of carbonyl (C=O) groups excluding carboxylic acids is 1. The highest BCUT2D eigenvalue weighted by molar-refractivity contribution is 6.04. The molecule has 0 bridgehead atoms. The molecule has 1 aliphatic rings. The quantitative estimate of drug-likeness (QED) is 0.261. The zero-order chi connectivity index (χ0) is 27.9. The van der Waals surface area contributed by atoms with E-state index in [1.807, 2.05) is 72.8 Å². The Morgan fingerprint density at radius 1 is 0.800 bits per heavy atom. The Labute approximate surface area is 236 Å². The summed E-state index contributed by atoms with van der Waals surface area (Å²) in [5, 5.41) is 12.5. The summed E-state index contributed by atoms with van der Waals surface area (Å²) in [5.74, 6) is -0.0564. The van der Waals surface area contributed by atoms with E-state index >= 15 is 0 Å². The summed E-state index contributed by atoms with van der Waals surface area (Å²) in [5.41, 5.74) is 5.38. The maximum absolute atomic E-state index is 12.6. The Bertz CT molecular complexity index is 1360. The van der Waals surface area contributed by atoms with Crippen LogP contribution in [0.1, 0.15) is 51.9 Å². The number of nitrogens with one attached hydrogen (secondary N) is 1. The van der Waals surface area contributed by atoms with Crippen LogP contribution in [0.5, 0.6) is 0 Å². The number of nitrogens with zero attached hydrogens (tertiary/aromatic N) is 1. The van der Waals surface area contributed by atoms with Crippen molar-refractivity contribution in [1.29, 1.82) is 0 Å². The molecule has 2 N–H and O–H groups in total. The summed E-state index contributed by atoms with van der Waals surface area (Å²) in [6.07, 6.45) is -0.820. The van der Waals surface area contributed by atoms with Crippen molar-refractivity contribution in [1.82, 2.24) is 4.90 Å². The lowest BCUT2D eigenvalue weighted by Gasteiger charge is -2.42. The van der Waals surface area contributed by atoms with Crippen molar-refractivity contribution in [3.05, 3.63) is 137 Å². The molecule has 1 heterocycles. The van der Waals surface area contributed by atoms with Gasteiger partial charge >= 0.3 is 0 Å². The van der Waals surface area contributed by atoms with Crippen molar-refractivity contribution in [3.8, 4) is 0 Å². The molecule has 6 nitrogen and oxygen atoms in total. The van der Waals surface area contributed by atoms with Crippen LogP contribution in [0, 0.1) is 5.92 Å². The standard InChI is InChI=1S/C34H36N2O4/c1-24-31(22-36(2)21-25-9-5-3-6-10-25)39-34(40-32(24)27-15-13-26(23-37)14-16-27)29-17-19-30(20-18-29)35-33(38)28-11-7-4-8-12-28/h3-20,24,31-32,34,37H,21-23H2,1-2H3,(H,35,38). The van der Waals surface area contributed by atoms with Gasteiger partial charge in [0.15, 0.2) is 6.29 Å². The number of benzene rings is 4. The van der Waals surface area contributed by atoms with Crippen LogP contribution >= 0.6 is 0 Å². The number of hydrogen-bond acceptors (Lipinski definition) is 5. The third-order valence-electron chi connectivity index (χ3n) is 7.39. The molecule has 5 rings (SSSR count). The van der Waals surface area contributed by atoms with Crippen molar-refractivity contribution in [3.63, 3.8) is 0 Å². The molecule has 0 radical (unpaired) electrons. The molecule has 0 aliphatic carbocycles. The van der Waals surface area contributed by atoms with E-state index in [9.17, 15) is 9.90 Å². The molecule has 4 unspecified atom stereocenters. The lowest BCUT2D eigenvalue weighted by molar-refractivity contribution is -0.276. The molecular formula is C34H36N2O4. The summed E-state index contributed by atoms with van der Waals surface area (Å²) in [6, 6.07) is 35.2. The summed E-state index contributed by atoms with van der Waals surface area (Å²) >= 11 is 0. The number of aliphatic hydroxyl groups excluding tert-OH is 1. The van der Waals surface area contributed by atoms with Crippen LogP contribution in [0.15, 0.2) is 109 Å². The minimum atomic E-state index is -0.562. The van der Waals surface area contributed by atoms with Gasteiger partial charge in [-0.15, -0.1) is 0 Å². The number of carbonyl (C=O) groups is 1. The SMILES string of the molecule is CC1C(CN(C)Cc2ccccc2)OC(c2ccc(NC(=O)c3ccccc3)cc2)OC1c1ccc(CO)cc1. The number of anilines is 1. The molecule has 40 heavy (non-hydrogen) atoms. The molecule has 0 spiro atoms. The predicted molar refractivity (Wildman–Crippen MR) is 157 cm³/mol. The lowest BCUT2D eigenvalue weighted by Crippen LogP contribution is -2.43. The average molecular weight is 537 g/mol. The first kappa shape index (κ1) is 27.7. The van der Waals surface area contributed by atoms with Gasteiger partial charge in [0.1, 0.15) is 0 Å². The summed E-state index contributed by atoms with van der Waals surface area (Å²) in [6.45, 7) is 3.74. The van der Waals surface area contributed by atoms with Crippen LogP contribution in [0.4, 0.5) is 5.69 Å². The maximum Gasteiger partial charge on any atom is 0.255 e. The molecule has 6 heteroatoms. The molecule has 206 valence electrons. The smallest absolute Gasteiger partial charge is 0.255 e. The highest BCUT2D eigenvalue weighted by Gasteiger charge is 2.38. The molecule has 1 saturated heterocycles. The largest absolute Gasteiger partial charge is 0.392 e. The fourth-order valence-corrected chi connectivity index (χ4v) is 5.11. The van der Waals surface area contributed by atoms with Gasteiger partial charge in [0.25, 0.3) is 5.91 Å². The molecule has 4 atom stereocenters. The zero-order valence-electron chi connectivity index (χ0n) is 22.9. The van der Waals surface area contributed by atoms with E-state index in [1.165, 1.54) is 5.56 Å². The van der Waals surface area contributed by atoms with E-state index in [2.05, 4.69) is 48.5 Å². The predicted octanol–water partition coefficient (Wildman–Crippen LogP) is 6.35. The normalized spacial score (nSPS) is 20.8. The van der Waals surface area contributed by atoms with Crippen molar-refractivity contribution in [2.45, 2.75) is 38.6 Å². The van der Waals surface area contributed by atoms with Gasteiger partial charge in [0.2, 0.25) is 0 Å². The second-order valence-electron chi connectivity index (χ2n) is 10.4. The fourth-order valence-electron chi connectivity index (χ4n) is 5.11. The van der Waals surface area contributed by atoms with E-state index in [0.717, 1.165) is 29.8 Å². The minimum Gasteiger partial charge on any atom is -0.392 e. The summed E-state index contributed by atoms with van der Waals surface area (Å²) < 4.78 is 13.2. The number of likely N-dealkylation sites (N-methyl/N-ethyl adjacent to an activating group) is 1. The minimum absolute atomic E-state index is 0.00710. The number of aliphatic hydroxyl groups is 1. The highest BCUT2D eigenvalue weighted by Crippen LogP contribution is 2.42. The van der Waals surface area contributed by atoms with Gasteiger partial charge in [-0.1, -0.05) is 91.9 Å². The number of amides is 1. The van der Waals surface area contributed by atoms with Gasteiger partial charge in [0, 0.05) is 35.8 Å². The van der Waals surface area contributed by atoms with Crippen LogP contribution in [-0.4, -0.2) is 35.6 Å². The third kappa shape index (κ3) is 6.84. The number of ether oxygens (including phenoxy) is 2. The van der Waals surface area contributed by atoms with Gasteiger partial charge in [0.05, 0.1) is 18.8 Å². The highest BCUT2D eigenvalue weighted by atomic mass is 16.7. The van der Waals surface area contributed by atoms with Crippen molar-refractivity contribution in [2.24, 2.45) is 5.92 Å². The zero-order valence-corrected chi connectivity index (χ0v) is 22.9. The van der Waals surface area contributed by atoms with Crippen molar-refractivity contribution >= 4 is 11.6 Å². The first-order chi connectivity index (χ1) is 19.5. The Hall–Kier alpha value is -3.81. The van der Waals surface area contributed by atoms with Crippen LogP contribution < -0.4 is 5.32 Å². The van der Waals surface area contributed by atoms with Crippen molar-refractivity contribution < 1.29 is 19.4 Å². The molecule has 4 aromatic rings. The molecule has 0 saturated carbocycles. The van der Waals surface area contributed by atoms with Gasteiger partial charge < -0.3 is 19.9 Å². The number of rotatable bonds is 9. The molecule has 0 aromatic heterocycles. The van der Waals surface area contributed by atoms with Crippen LogP contribution in [0.3, 0.4) is 0 Å². The van der Waals surface area contributed by atoms with Gasteiger partial charge in [-0.05, 0) is 48.0 Å². The molecule has 1 aliphatic heterocycles. The molecule has 1 fully saturated rings. The first-order valence-electron chi connectivity index (χ1n) is 13.7. The molecule has 1 amide bonds. The van der Waals surface area contributed by atoms with E-state index < -0.39 is 6.29 Å². The summed E-state index contributed by atoms with van der Waals surface area (Å²) in [4.78, 5) is 14.9. The molecular weight excluding hydrogens is 500 g/mol. The van der Waals surface area contributed by atoms with Gasteiger partial charge in [-0.25, -0.2) is 0 Å². The van der Waals surface area contributed by atoms with Gasteiger partial charge in [-0.2, -0.15) is 0 Å². The summed E-state index contributed by atoms with van der Waals surface area (Å²) in [7, 11) is 2.11. The van der Waals surface area contributed by atoms with Gasteiger partial charge in [-0.3, -0.25) is 9.69 Å². The van der Waals surface area contributed by atoms with E-state index in [1.54, 1.807) is 12.1 Å². The topological polar surface area (TPSA) is 71.0 Å². The van der Waals surface area contributed by atoms with E-state index in [-0.39, 0.29) is 30.6 Å². The average Bonchev–Trinajstić information content (AvgIpc) is 2.99. The second-order valence-corrected chi connectivity index (χ2v) is 10.4. The van der Waals surface area contributed by atoms with E-state index in [4.69, 9.17) is 9.47 Å². The first-order valence-corrected chi connectivity index (χ1v) is 13.7. The third-order valence-corrected chi connectivity index (χ3v) is 7.39. The van der Waals surface area contributed by atoms with Crippen LogP contribution in [0.2, 0.25) is 0 Å². The second kappa shape index (κ2) is 13.0. The molecule has 4 aromatic carbocycles.